The van der Waals surface area contributed by atoms with Gasteiger partial charge in [0, 0.05) is 26.0 Å². The molecule has 1 fully saturated rings. The second kappa shape index (κ2) is 11.1. The van der Waals surface area contributed by atoms with Crippen LogP contribution in [0.1, 0.15) is 50.2 Å². The summed E-state index contributed by atoms with van der Waals surface area (Å²) in [6.45, 7) is 2.85. The predicted molar refractivity (Wildman–Crippen MR) is 113 cm³/mol. The van der Waals surface area contributed by atoms with Crippen LogP contribution < -0.4 is 9.47 Å². The lowest BCUT2D eigenvalue weighted by Gasteiger charge is -2.23. The van der Waals surface area contributed by atoms with Crippen molar-refractivity contribution in [3.05, 3.63) is 53.6 Å². The highest BCUT2D eigenvalue weighted by atomic mass is 16.7. The van der Waals surface area contributed by atoms with E-state index in [1.54, 1.807) is 13.2 Å². The summed E-state index contributed by atoms with van der Waals surface area (Å²) >= 11 is 0. The molecular formula is C24H32O5. The molecule has 0 amide bonds. The van der Waals surface area contributed by atoms with Gasteiger partial charge >= 0.3 is 0 Å². The fourth-order valence-corrected chi connectivity index (χ4v) is 3.41. The Morgan fingerprint density at radius 2 is 1.86 bits per heavy atom. The summed E-state index contributed by atoms with van der Waals surface area (Å²) in [6.07, 6.45) is 6.15. The number of phenols is 1. The third-order valence-corrected chi connectivity index (χ3v) is 5.12. The second-order valence-corrected chi connectivity index (χ2v) is 7.42. The van der Waals surface area contributed by atoms with E-state index in [9.17, 15) is 5.11 Å². The van der Waals surface area contributed by atoms with Crippen molar-refractivity contribution in [2.45, 2.75) is 64.4 Å². The fraction of sp³-hybridized carbons (Fsp3) is 0.500. The van der Waals surface area contributed by atoms with E-state index in [1.165, 1.54) is 5.56 Å². The van der Waals surface area contributed by atoms with Gasteiger partial charge in [-0.25, -0.2) is 0 Å². The second-order valence-electron chi connectivity index (χ2n) is 7.42. The molecule has 3 rings (SSSR count). The molecule has 0 aromatic heterocycles. The molecule has 1 N–H and O–H groups in total. The van der Waals surface area contributed by atoms with Crippen LogP contribution in [0.15, 0.2) is 42.5 Å². The van der Waals surface area contributed by atoms with Crippen molar-refractivity contribution < 1.29 is 24.1 Å². The van der Waals surface area contributed by atoms with Crippen molar-refractivity contribution in [3.63, 3.8) is 0 Å². The van der Waals surface area contributed by atoms with Crippen molar-refractivity contribution in [1.29, 1.82) is 0 Å². The van der Waals surface area contributed by atoms with Gasteiger partial charge in [0.05, 0.1) is 6.61 Å². The Balaban J connectivity index is 1.51. The number of rotatable bonds is 10. The molecule has 1 aliphatic heterocycles. The molecule has 1 heterocycles. The number of aryl methyl sites for hydroxylation is 2. The first-order valence-corrected chi connectivity index (χ1v) is 10.6. The number of phenolic OH excluding ortho intramolecular Hbond substituents is 1. The maximum absolute atomic E-state index is 10.4. The minimum Gasteiger partial charge on any atom is -0.508 e. The number of methoxy groups -OCH3 is 1. The minimum absolute atomic E-state index is 0.204. The van der Waals surface area contributed by atoms with E-state index in [1.807, 2.05) is 24.3 Å². The number of benzene rings is 2. The van der Waals surface area contributed by atoms with Crippen molar-refractivity contribution in [2.24, 2.45) is 0 Å². The van der Waals surface area contributed by atoms with Gasteiger partial charge < -0.3 is 24.1 Å². The normalized spacial score (nSPS) is 17.7. The maximum atomic E-state index is 10.4. The molecule has 2 aromatic rings. The van der Waals surface area contributed by atoms with Crippen LogP contribution in [0.4, 0.5) is 0 Å². The van der Waals surface area contributed by atoms with Crippen molar-refractivity contribution >= 4 is 0 Å². The van der Waals surface area contributed by atoms with Gasteiger partial charge in [0.1, 0.15) is 17.2 Å². The molecule has 5 nitrogen and oxygen atoms in total. The topological polar surface area (TPSA) is 57.2 Å². The van der Waals surface area contributed by atoms with Crippen molar-refractivity contribution in [1.82, 2.24) is 0 Å². The van der Waals surface area contributed by atoms with Gasteiger partial charge in [-0.3, -0.25) is 0 Å². The van der Waals surface area contributed by atoms with Gasteiger partial charge in [-0.1, -0.05) is 31.5 Å². The largest absolute Gasteiger partial charge is 0.508 e. The Kier molecular flexibility index (Phi) is 8.20. The van der Waals surface area contributed by atoms with E-state index >= 15 is 0 Å². The lowest BCUT2D eigenvalue weighted by atomic mass is 10.0. The van der Waals surface area contributed by atoms with Crippen LogP contribution in [0.2, 0.25) is 0 Å². The summed E-state index contributed by atoms with van der Waals surface area (Å²) in [7, 11) is 1.67. The molecule has 0 bridgehead atoms. The van der Waals surface area contributed by atoms with Gasteiger partial charge in [0.25, 0.3) is 0 Å². The fourth-order valence-electron chi connectivity index (χ4n) is 3.41. The molecule has 0 spiro atoms. The molecule has 158 valence electrons. The standard InChI is InChI=1S/C24H32O5/c1-3-6-23(26-2)28-20-13-9-18(10-14-20)8-11-19-12-15-21(17-22(19)25)29-24-7-4-5-16-27-24/h9-10,12-15,17,23-25H,3-8,11,16H2,1-2H3. The van der Waals surface area contributed by atoms with E-state index in [-0.39, 0.29) is 18.3 Å². The molecule has 0 saturated carbocycles. The van der Waals surface area contributed by atoms with E-state index in [2.05, 4.69) is 19.1 Å². The number of ether oxygens (including phenoxy) is 4. The number of hydrogen-bond donors (Lipinski definition) is 1. The molecule has 0 radical (unpaired) electrons. The highest BCUT2D eigenvalue weighted by Crippen LogP contribution is 2.27. The Labute approximate surface area is 173 Å². The van der Waals surface area contributed by atoms with Crippen molar-refractivity contribution in [2.75, 3.05) is 13.7 Å². The Hall–Kier alpha value is -2.24. The van der Waals surface area contributed by atoms with E-state index < -0.39 is 0 Å². The average Bonchev–Trinajstić information content (AvgIpc) is 2.74. The summed E-state index contributed by atoms with van der Waals surface area (Å²) in [5.41, 5.74) is 2.10. The summed E-state index contributed by atoms with van der Waals surface area (Å²) in [5, 5.41) is 10.4. The molecule has 1 saturated heterocycles. The quantitative estimate of drug-likeness (QED) is 0.553. The first kappa shape index (κ1) is 21.5. The molecule has 29 heavy (non-hydrogen) atoms. The SMILES string of the molecule is CCCC(OC)Oc1ccc(CCc2ccc(OC3CCCCO3)cc2O)cc1. The van der Waals surface area contributed by atoms with Crippen LogP contribution in [0.25, 0.3) is 0 Å². The molecule has 5 heteroatoms. The molecule has 0 aliphatic carbocycles. The van der Waals surface area contributed by atoms with Crippen LogP contribution in [0, 0.1) is 0 Å². The van der Waals surface area contributed by atoms with Gasteiger partial charge in [-0.05, 0) is 55.0 Å². The predicted octanol–water partition coefficient (Wildman–Crippen LogP) is 5.23. The van der Waals surface area contributed by atoms with E-state index in [0.717, 1.165) is 62.9 Å². The average molecular weight is 401 g/mol. The third kappa shape index (κ3) is 6.65. The van der Waals surface area contributed by atoms with Gasteiger partial charge in [0.15, 0.2) is 12.6 Å². The van der Waals surface area contributed by atoms with Crippen LogP contribution in [0.5, 0.6) is 17.2 Å². The Bertz CT molecular complexity index is 737. The monoisotopic (exact) mass is 400 g/mol. The van der Waals surface area contributed by atoms with Crippen LogP contribution in [-0.2, 0) is 22.3 Å². The van der Waals surface area contributed by atoms with Gasteiger partial charge in [-0.15, -0.1) is 0 Å². The van der Waals surface area contributed by atoms with Crippen molar-refractivity contribution in [3.8, 4) is 17.2 Å². The van der Waals surface area contributed by atoms with Gasteiger partial charge in [-0.2, -0.15) is 0 Å². The van der Waals surface area contributed by atoms with E-state index in [4.69, 9.17) is 18.9 Å². The lowest BCUT2D eigenvalue weighted by molar-refractivity contribution is -0.105. The number of hydrogen-bond acceptors (Lipinski definition) is 5. The van der Waals surface area contributed by atoms with E-state index in [0.29, 0.717) is 5.75 Å². The lowest BCUT2D eigenvalue weighted by Crippen LogP contribution is -2.24. The minimum atomic E-state index is -0.206. The molecule has 2 atom stereocenters. The highest BCUT2D eigenvalue weighted by molar-refractivity contribution is 5.40. The first-order valence-electron chi connectivity index (χ1n) is 10.6. The van der Waals surface area contributed by atoms with Crippen LogP contribution >= 0.6 is 0 Å². The Morgan fingerprint density at radius 1 is 1.07 bits per heavy atom. The summed E-state index contributed by atoms with van der Waals surface area (Å²) < 4.78 is 22.6. The third-order valence-electron chi connectivity index (χ3n) is 5.12. The number of aromatic hydroxyl groups is 1. The zero-order chi connectivity index (χ0) is 20.5. The smallest absolute Gasteiger partial charge is 0.199 e. The summed E-state index contributed by atoms with van der Waals surface area (Å²) in [4.78, 5) is 0. The van der Waals surface area contributed by atoms with Crippen LogP contribution in [-0.4, -0.2) is 31.4 Å². The zero-order valence-corrected chi connectivity index (χ0v) is 17.4. The molecule has 1 aliphatic rings. The molecular weight excluding hydrogens is 368 g/mol. The zero-order valence-electron chi connectivity index (χ0n) is 17.4. The first-order chi connectivity index (χ1) is 14.2. The summed E-state index contributed by atoms with van der Waals surface area (Å²) in [6, 6.07) is 13.6. The van der Waals surface area contributed by atoms with Gasteiger partial charge in [0.2, 0.25) is 0 Å². The van der Waals surface area contributed by atoms with Crippen LogP contribution in [0.3, 0.4) is 0 Å². The molecule has 2 unspecified atom stereocenters. The maximum Gasteiger partial charge on any atom is 0.199 e. The highest BCUT2D eigenvalue weighted by Gasteiger charge is 2.16. The Morgan fingerprint density at radius 3 is 2.52 bits per heavy atom. The summed E-state index contributed by atoms with van der Waals surface area (Å²) in [5.74, 6) is 1.73. The molecule has 2 aromatic carbocycles.